The second-order valence-electron chi connectivity index (χ2n) is 4.64. The number of hydrogen-bond donors (Lipinski definition) is 1. The average Bonchev–Trinajstić information content (AvgIpc) is 2.72. The van der Waals surface area contributed by atoms with E-state index in [-0.39, 0.29) is 30.6 Å². The first-order valence-corrected chi connectivity index (χ1v) is 6.34. The van der Waals surface area contributed by atoms with Crippen molar-refractivity contribution in [3.05, 3.63) is 0 Å². The minimum absolute atomic E-state index is 0.0160. The SMILES string of the molecule is CCCNC1COCC1C(=O)CCCC(F)(F)F. The van der Waals surface area contributed by atoms with Crippen LogP contribution in [0.2, 0.25) is 0 Å². The molecular formula is C12H20F3NO2. The molecule has 3 nitrogen and oxygen atoms in total. The predicted octanol–water partition coefficient (Wildman–Crippen LogP) is 2.30. The van der Waals surface area contributed by atoms with Crippen molar-refractivity contribution in [1.82, 2.24) is 5.32 Å². The lowest BCUT2D eigenvalue weighted by Crippen LogP contribution is -2.39. The normalized spacial score (nSPS) is 24.4. The van der Waals surface area contributed by atoms with E-state index in [1.165, 1.54) is 0 Å². The minimum Gasteiger partial charge on any atom is -0.379 e. The number of halogens is 3. The number of Topliss-reactive ketones (excluding diaryl/α,β-unsaturated/α-hetero) is 1. The van der Waals surface area contributed by atoms with Gasteiger partial charge in [0.25, 0.3) is 0 Å². The fraction of sp³-hybridized carbons (Fsp3) is 0.917. The fourth-order valence-electron chi connectivity index (χ4n) is 2.05. The van der Waals surface area contributed by atoms with Gasteiger partial charge in [-0.3, -0.25) is 4.79 Å². The number of carbonyl (C=O) groups is 1. The number of hydrogen-bond acceptors (Lipinski definition) is 3. The monoisotopic (exact) mass is 267 g/mol. The summed E-state index contributed by atoms with van der Waals surface area (Å²) >= 11 is 0. The summed E-state index contributed by atoms with van der Waals surface area (Å²) < 4.78 is 41.2. The summed E-state index contributed by atoms with van der Waals surface area (Å²) in [6.45, 7) is 3.60. The van der Waals surface area contributed by atoms with Crippen molar-refractivity contribution in [2.45, 2.75) is 44.8 Å². The van der Waals surface area contributed by atoms with Crippen molar-refractivity contribution in [2.75, 3.05) is 19.8 Å². The summed E-state index contributed by atoms with van der Waals surface area (Å²) in [7, 11) is 0. The van der Waals surface area contributed by atoms with Crippen LogP contribution >= 0.6 is 0 Å². The summed E-state index contributed by atoms with van der Waals surface area (Å²) in [4.78, 5) is 11.8. The van der Waals surface area contributed by atoms with E-state index in [0.717, 1.165) is 13.0 Å². The molecule has 0 amide bonds. The lowest BCUT2D eigenvalue weighted by molar-refractivity contribution is -0.137. The molecule has 0 saturated carbocycles. The molecular weight excluding hydrogens is 247 g/mol. The zero-order valence-corrected chi connectivity index (χ0v) is 10.6. The fourth-order valence-corrected chi connectivity index (χ4v) is 2.05. The molecule has 1 aliphatic heterocycles. The van der Waals surface area contributed by atoms with Crippen LogP contribution in [0.25, 0.3) is 0 Å². The topological polar surface area (TPSA) is 38.3 Å². The summed E-state index contributed by atoms with van der Waals surface area (Å²) in [6, 6.07) is -0.0386. The summed E-state index contributed by atoms with van der Waals surface area (Å²) in [5.74, 6) is -0.407. The third kappa shape index (κ3) is 5.35. The van der Waals surface area contributed by atoms with Crippen molar-refractivity contribution < 1.29 is 22.7 Å². The minimum atomic E-state index is -4.17. The Morgan fingerprint density at radius 2 is 2.11 bits per heavy atom. The molecule has 106 valence electrons. The Morgan fingerprint density at radius 3 is 2.72 bits per heavy atom. The molecule has 0 aliphatic carbocycles. The van der Waals surface area contributed by atoms with Gasteiger partial charge in [-0.25, -0.2) is 0 Å². The van der Waals surface area contributed by atoms with E-state index in [2.05, 4.69) is 5.32 Å². The van der Waals surface area contributed by atoms with Crippen LogP contribution in [0, 0.1) is 5.92 Å². The molecule has 1 aliphatic rings. The molecule has 18 heavy (non-hydrogen) atoms. The summed E-state index contributed by atoms with van der Waals surface area (Å²) in [6.07, 6.45) is -4.26. The van der Waals surface area contributed by atoms with Crippen LogP contribution in [0.3, 0.4) is 0 Å². The van der Waals surface area contributed by atoms with Gasteiger partial charge in [-0.2, -0.15) is 13.2 Å². The van der Waals surface area contributed by atoms with E-state index in [4.69, 9.17) is 4.74 Å². The van der Waals surface area contributed by atoms with Crippen LogP contribution < -0.4 is 5.32 Å². The van der Waals surface area contributed by atoms with E-state index >= 15 is 0 Å². The van der Waals surface area contributed by atoms with Crippen LogP contribution in [0.1, 0.15) is 32.6 Å². The molecule has 6 heteroatoms. The first-order valence-electron chi connectivity index (χ1n) is 6.34. The molecule has 1 N–H and O–H groups in total. The number of ketones is 1. The van der Waals surface area contributed by atoms with Crippen LogP contribution in [0.5, 0.6) is 0 Å². The Balaban J connectivity index is 2.31. The van der Waals surface area contributed by atoms with Gasteiger partial charge < -0.3 is 10.1 Å². The van der Waals surface area contributed by atoms with E-state index in [1.807, 2.05) is 6.92 Å². The summed E-state index contributed by atoms with van der Waals surface area (Å²) in [5, 5.41) is 3.20. The van der Waals surface area contributed by atoms with Crippen molar-refractivity contribution in [2.24, 2.45) is 5.92 Å². The molecule has 2 unspecified atom stereocenters. The Labute approximate surface area is 105 Å². The van der Waals surface area contributed by atoms with Crippen LogP contribution in [-0.4, -0.2) is 37.8 Å². The first kappa shape index (κ1) is 15.4. The largest absolute Gasteiger partial charge is 0.389 e. The average molecular weight is 267 g/mol. The molecule has 0 aromatic rings. The molecule has 0 bridgehead atoms. The van der Waals surface area contributed by atoms with E-state index < -0.39 is 12.6 Å². The zero-order chi connectivity index (χ0) is 13.6. The van der Waals surface area contributed by atoms with E-state index in [0.29, 0.717) is 13.2 Å². The number of rotatable bonds is 7. The van der Waals surface area contributed by atoms with E-state index in [9.17, 15) is 18.0 Å². The van der Waals surface area contributed by atoms with Crippen LogP contribution in [-0.2, 0) is 9.53 Å². The van der Waals surface area contributed by atoms with Gasteiger partial charge in [0, 0.05) is 18.9 Å². The zero-order valence-electron chi connectivity index (χ0n) is 10.6. The molecule has 2 atom stereocenters. The molecule has 0 radical (unpaired) electrons. The Bertz CT molecular complexity index is 269. The summed E-state index contributed by atoms with van der Waals surface area (Å²) in [5.41, 5.74) is 0. The van der Waals surface area contributed by atoms with Crippen molar-refractivity contribution in [1.29, 1.82) is 0 Å². The van der Waals surface area contributed by atoms with Gasteiger partial charge in [0.2, 0.25) is 0 Å². The lowest BCUT2D eigenvalue weighted by atomic mass is 9.94. The Hall–Kier alpha value is -0.620. The highest BCUT2D eigenvalue weighted by Crippen LogP contribution is 2.24. The molecule has 1 saturated heterocycles. The number of alkyl halides is 3. The maximum Gasteiger partial charge on any atom is 0.389 e. The highest BCUT2D eigenvalue weighted by Gasteiger charge is 2.34. The number of nitrogens with one attached hydrogen (secondary N) is 1. The second kappa shape index (κ2) is 7.09. The smallest absolute Gasteiger partial charge is 0.379 e. The van der Waals surface area contributed by atoms with Crippen molar-refractivity contribution in [3.63, 3.8) is 0 Å². The highest BCUT2D eigenvalue weighted by molar-refractivity contribution is 5.82. The number of carbonyl (C=O) groups excluding carboxylic acids is 1. The third-order valence-corrected chi connectivity index (χ3v) is 3.03. The van der Waals surface area contributed by atoms with Crippen LogP contribution in [0.15, 0.2) is 0 Å². The number of ether oxygens (including phenoxy) is 1. The molecule has 0 aromatic carbocycles. The molecule has 0 aromatic heterocycles. The van der Waals surface area contributed by atoms with Gasteiger partial charge in [-0.15, -0.1) is 0 Å². The van der Waals surface area contributed by atoms with Gasteiger partial charge in [-0.1, -0.05) is 6.92 Å². The van der Waals surface area contributed by atoms with Gasteiger partial charge in [0.05, 0.1) is 19.1 Å². The van der Waals surface area contributed by atoms with E-state index in [1.54, 1.807) is 0 Å². The van der Waals surface area contributed by atoms with Gasteiger partial charge in [-0.05, 0) is 19.4 Å². The van der Waals surface area contributed by atoms with Crippen molar-refractivity contribution in [3.8, 4) is 0 Å². The first-order chi connectivity index (χ1) is 8.44. The van der Waals surface area contributed by atoms with Crippen molar-refractivity contribution >= 4 is 5.78 Å². The highest BCUT2D eigenvalue weighted by atomic mass is 19.4. The van der Waals surface area contributed by atoms with Gasteiger partial charge in [0.15, 0.2) is 0 Å². The van der Waals surface area contributed by atoms with Gasteiger partial charge >= 0.3 is 6.18 Å². The maximum atomic E-state index is 12.0. The molecule has 0 spiro atoms. The molecule has 1 heterocycles. The lowest BCUT2D eigenvalue weighted by Gasteiger charge is -2.17. The Morgan fingerprint density at radius 1 is 1.39 bits per heavy atom. The van der Waals surface area contributed by atoms with Gasteiger partial charge in [0.1, 0.15) is 5.78 Å². The molecule has 1 fully saturated rings. The quantitative estimate of drug-likeness (QED) is 0.769. The standard InChI is InChI=1S/C12H20F3NO2/c1-2-6-16-10-8-18-7-9(10)11(17)4-3-5-12(13,14)15/h9-10,16H,2-8H2,1H3. The predicted molar refractivity (Wildman–Crippen MR) is 61.3 cm³/mol. The maximum absolute atomic E-state index is 12.0. The van der Waals surface area contributed by atoms with Crippen LogP contribution in [0.4, 0.5) is 13.2 Å². The second-order valence-corrected chi connectivity index (χ2v) is 4.64. The molecule has 1 rings (SSSR count). The Kier molecular flexibility index (Phi) is 6.08. The third-order valence-electron chi connectivity index (χ3n) is 3.03.